The normalized spacial score (nSPS) is 19.3. The Kier molecular flexibility index (Phi) is 7.89. The molecule has 1 atom stereocenters. The molecule has 4 heterocycles. The Bertz CT molecular complexity index is 1440. The summed E-state index contributed by atoms with van der Waals surface area (Å²) in [5, 5.41) is 2.89. The number of carbonyl (C=O) groups excluding carboxylic acids is 1. The lowest BCUT2D eigenvalue weighted by Crippen LogP contribution is -2.52. The van der Waals surface area contributed by atoms with E-state index in [-0.39, 0.29) is 22.4 Å². The highest BCUT2D eigenvalue weighted by Crippen LogP contribution is 2.26. The number of nitrogens with two attached hydrogens (primary N) is 1. The van der Waals surface area contributed by atoms with E-state index < -0.39 is 15.9 Å². The number of rotatable bonds is 7. The van der Waals surface area contributed by atoms with Gasteiger partial charge in [-0.15, -0.1) is 0 Å². The van der Waals surface area contributed by atoms with E-state index in [1.54, 1.807) is 41.0 Å². The monoisotopic (exact) mass is 550 g/mol. The molecule has 12 heteroatoms. The van der Waals surface area contributed by atoms with Gasteiger partial charge in [0.15, 0.2) is 11.5 Å². The Hall–Kier alpha value is -3.45. The van der Waals surface area contributed by atoms with Gasteiger partial charge in [0.25, 0.3) is 5.91 Å². The summed E-state index contributed by atoms with van der Waals surface area (Å²) in [6.07, 6.45) is 7.16. The summed E-state index contributed by atoms with van der Waals surface area (Å²) < 4.78 is 28.0. The summed E-state index contributed by atoms with van der Waals surface area (Å²) >= 11 is 0. The van der Waals surface area contributed by atoms with Crippen LogP contribution in [0.25, 0.3) is 11.3 Å². The number of amides is 1. The lowest BCUT2D eigenvalue weighted by atomic mass is 10.1. The minimum atomic E-state index is -3.63. The number of aromatic nitrogens is 3. The van der Waals surface area contributed by atoms with E-state index in [1.807, 2.05) is 20.0 Å². The molecule has 206 valence electrons. The molecule has 0 radical (unpaired) electrons. The average Bonchev–Trinajstić information content (AvgIpc) is 3.43. The Morgan fingerprint density at radius 3 is 2.54 bits per heavy atom. The van der Waals surface area contributed by atoms with Crippen LogP contribution in [0.1, 0.15) is 35.8 Å². The molecule has 1 amide bonds. The summed E-state index contributed by atoms with van der Waals surface area (Å²) in [4.78, 5) is 30.7. The summed E-state index contributed by atoms with van der Waals surface area (Å²) in [6, 6.07) is 8.25. The highest BCUT2D eigenvalue weighted by atomic mass is 32.2. The van der Waals surface area contributed by atoms with Crippen LogP contribution in [0.15, 0.2) is 53.8 Å². The largest absolute Gasteiger partial charge is 0.382 e. The first-order valence-electron chi connectivity index (χ1n) is 13.1. The first-order chi connectivity index (χ1) is 18.7. The van der Waals surface area contributed by atoms with E-state index >= 15 is 0 Å². The molecule has 1 aromatic carbocycles. The molecule has 39 heavy (non-hydrogen) atoms. The van der Waals surface area contributed by atoms with Crippen molar-refractivity contribution in [2.45, 2.75) is 37.2 Å². The molecule has 0 bridgehead atoms. The standard InChI is InChI=1S/C27H34N8O3S/c1-19-17-33(2)13-14-35(19)39(37,38)22-7-5-20(6-8-22)24-16-30-26(28)25(31-24)27(36)32-23-15-29-10-9-21(23)18-34-11-3-4-12-34/h5-10,15-16,19H,3-4,11-14,17-18H2,1-2H3,(H2,28,30)(H,32,36). The topological polar surface area (TPSA) is 138 Å². The van der Waals surface area contributed by atoms with Crippen LogP contribution in [0.4, 0.5) is 11.5 Å². The molecule has 0 aliphatic carbocycles. The van der Waals surface area contributed by atoms with Crippen molar-refractivity contribution in [1.82, 2.24) is 29.1 Å². The molecule has 3 aromatic rings. The molecule has 2 aromatic heterocycles. The predicted molar refractivity (Wildman–Crippen MR) is 149 cm³/mol. The van der Waals surface area contributed by atoms with Crippen molar-refractivity contribution in [2.75, 3.05) is 50.8 Å². The maximum atomic E-state index is 13.3. The number of benzene rings is 1. The average molecular weight is 551 g/mol. The molecule has 5 rings (SSSR count). The van der Waals surface area contributed by atoms with Crippen LogP contribution < -0.4 is 11.1 Å². The van der Waals surface area contributed by atoms with Gasteiger partial charge in [-0.05, 0) is 63.7 Å². The van der Waals surface area contributed by atoms with Crippen LogP contribution in [-0.4, -0.2) is 89.2 Å². The zero-order valence-electron chi connectivity index (χ0n) is 22.2. The van der Waals surface area contributed by atoms with Crippen molar-refractivity contribution >= 4 is 27.4 Å². The first kappa shape index (κ1) is 27.1. The predicted octanol–water partition coefficient (Wildman–Crippen LogP) is 2.29. The van der Waals surface area contributed by atoms with Gasteiger partial charge in [-0.2, -0.15) is 4.31 Å². The van der Waals surface area contributed by atoms with Gasteiger partial charge in [-0.1, -0.05) is 12.1 Å². The van der Waals surface area contributed by atoms with Gasteiger partial charge in [-0.25, -0.2) is 18.4 Å². The third-order valence-electron chi connectivity index (χ3n) is 7.29. The molecule has 2 aliphatic heterocycles. The second-order valence-electron chi connectivity index (χ2n) is 10.2. The van der Waals surface area contributed by atoms with Gasteiger partial charge in [-0.3, -0.25) is 14.7 Å². The van der Waals surface area contributed by atoms with Crippen molar-refractivity contribution in [2.24, 2.45) is 0 Å². The highest BCUT2D eigenvalue weighted by Gasteiger charge is 2.32. The van der Waals surface area contributed by atoms with E-state index in [0.717, 1.165) is 25.2 Å². The molecule has 0 saturated carbocycles. The third kappa shape index (κ3) is 5.93. The number of piperazine rings is 1. The second-order valence-corrected chi connectivity index (χ2v) is 12.1. The van der Waals surface area contributed by atoms with Gasteiger partial charge in [0.2, 0.25) is 10.0 Å². The Morgan fingerprint density at radius 1 is 1.08 bits per heavy atom. The number of anilines is 2. The quantitative estimate of drug-likeness (QED) is 0.454. The number of nitrogens with zero attached hydrogens (tertiary/aromatic N) is 6. The van der Waals surface area contributed by atoms with Crippen molar-refractivity contribution in [3.63, 3.8) is 0 Å². The fourth-order valence-corrected chi connectivity index (χ4v) is 6.77. The summed E-state index contributed by atoms with van der Waals surface area (Å²) in [7, 11) is -1.64. The number of likely N-dealkylation sites (N-methyl/N-ethyl adjacent to an activating group) is 1. The number of carbonyl (C=O) groups is 1. The second kappa shape index (κ2) is 11.3. The Labute approximate surface area is 229 Å². The summed E-state index contributed by atoms with van der Waals surface area (Å²) in [5.41, 5.74) is 8.63. The molecule has 0 spiro atoms. The number of nitrogens with one attached hydrogen (secondary N) is 1. The van der Waals surface area contributed by atoms with Crippen LogP contribution >= 0.6 is 0 Å². The minimum absolute atomic E-state index is 0.00415. The van der Waals surface area contributed by atoms with Crippen LogP contribution in [0.2, 0.25) is 0 Å². The number of hydrogen-bond donors (Lipinski definition) is 2. The van der Waals surface area contributed by atoms with Gasteiger partial charge in [0.05, 0.1) is 28.7 Å². The van der Waals surface area contributed by atoms with Crippen LogP contribution in [-0.2, 0) is 16.6 Å². The minimum Gasteiger partial charge on any atom is -0.382 e. The van der Waals surface area contributed by atoms with Gasteiger partial charge >= 0.3 is 0 Å². The molecule has 1 unspecified atom stereocenters. The van der Waals surface area contributed by atoms with E-state index in [2.05, 4.69) is 30.1 Å². The van der Waals surface area contributed by atoms with E-state index in [9.17, 15) is 13.2 Å². The van der Waals surface area contributed by atoms with Crippen molar-refractivity contribution < 1.29 is 13.2 Å². The smallest absolute Gasteiger partial charge is 0.278 e. The van der Waals surface area contributed by atoms with E-state index in [0.29, 0.717) is 36.6 Å². The lowest BCUT2D eigenvalue weighted by Gasteiger charge is -2.37. The number of nitrogen functional groups attached to an aromatic ring is 1. The Morgan fingerprint density at radius 2 is 1.82 bits per heavy atom. The molecule has 2 aliphatic rings. The van der Waals surface area contributed by atoms with Gasteiger partial charge < -0.3 is 16.0 Å². The fraction of sp³-hybridized carbons (Fsp3) is 0.407. The molecular weight excluding hydrogens is 516 g/mol. The van der Waals surface area contributed by atoms with Gasteiger partial charge in [0, 0.05) is 44.0 Å². The zero-order chi connectivity index (χ0) is 27.6. The maximum Gasteiger partial charge on any atom is 0.278 e. The number of likely N-dealkylation sites (tertiary alicyclic amines) is 1. The van der Waals surface area contributed by atoms with E-state index in [4.69, 9.17) is 5.73 Å². The number of sulfonamides is 1. The number of hydrogen-bond acceptors (Lipinski definition) is 9. The van der Waals surface area contributed by atoms with Crippen molar-refractivity contribution in [3.05, 3.63) is 60.2 Å². The Balaban J connectivity index is 1.34. The van der Waals surface area contributed by atoms with E-state index in [1.165, 1.54) is 19.0 Å². The van der Waals surface area contributed by atoms with Gasteiger partial charge in [0.1, 0.15) is 0 Å². The molecule has 2 fully saturated rings. The molecule has 11 nitrogen and oxygen atoms in total. The third-order valence-corrected chi connectivity index (χ3v) is 9.32. The van der Waals surface area contributed by atoms with Crippen LogP contribution in [0, 0.1) is 0 Å². The zero-order valence-corrected chi connectivity index (χ0v) is 23.1. The maximum absolute atomic E-state index is 13.3. The lowest BCUT2D eigenvalue weighted by molar-refractivity contribution is 0.102. The summed E-state index contributed by atoms with van der Waals surface area (Å²) in [5.74, 6) is -0.481. The molecular formula is C27H34N8O3S. The molecule has 3 N–H and O–H groups in total. The summed E-state index contributed by atoms with van der Waals surface area (Å²) in [6.45, 7) is 6.52. The number of pyridine rings is 1. The fourth-order valence-electron chi connectivity index (χ4n) is 5.15. The van der Waals surface area contributed by atoms with Crippen molar-refractivity contribution in [3.8, 4) is 11.3 Å². The SMILES string of the molecule is CC1CN(C)CCN1S(=O)(=O)c1ccc(-c2cnc(N)c(C(=O)Nc3cnccc3CN3CCCC3)n2)cc1. The van der Waals surface area contributed by atoms with Crippen LogP contribution in [0.3, 0.4) is 0 Å². The van der Waals surface area contributed by atoms with Crippen molar-refractivity contribution in [1.29, 1.82) is 0 Å². The highest BCUT2D eigenvalue weighted by molar-refractivity contribution is 7.89. The first-order valence-corrected chi connectivity index (χ1v) is 14.6. The molecule has 2 saturated heterocycles. The van der Waals surface area contributed by atoms with Crippen LogP contribution in [0.5, 0.6) is 0 Å².